The van der Waals surface area contributed by atoms with Crippen molar-refractivity contribution in [2.45, 2.75) is 13.0 Å². The summed E-state index contributed by atoms with van der Waals surface area (Å²) in [5, 5.41) is 20.6. The fraction of sp³-hybridized carbons (Fsp3) is 0.273. The Labute approximate surface area is 103 Å². The van der Waals surface area contributed by atoms with E-state index in [4.69, 9.17) is 16.7 Å². The second kappa shape index (κ2) is 5.54. The first-order chi connectivity index (χ1) is 7.95. The molecule has 6 heteroatoms. The SMILES string of the molecule is Cc1cc([C@@H](NC(=O)CCl)C(=O)O)ccc1O. The number of nitrogens with one attached hydrogen (secondary N) is 1. The highest BCUT2D eigenvalue weighted by Crippen LogP contribution is 2.21. The van der Waals surface area contributed by atoms with Crippen molar-refractivity contribution >= 4 is 23.5 Å². The first-order valence-electron chi connectivity index (χ1n) is 4.83. The van der Waals surface area contributed by atoms with Crippen LogP contribution >= 0.6 is 11.6 Å². The van der Waals surface area contributed by atoms with Crippen molar-refractivity contribution in [2.75, 3.05) is 5.88 Å². The second-order valence-corrected chi connectivity index (χ2v) is 3.79. The van der Waals surface area contributed by atoms with Gasteiger partial charge in [0.25, 0.3) is 0 Å². The largest absolute Gasteiger partial charge is 0.508 e. The first-order valence-corrected chi connectivity index (χ1v) is 5.36. The zero-order valence-electron chi connectivity index (χ0n) is 9.11. The number of carbonyl (C=O) groups is 2. The molecular weight excluding hydrogens is 246 g/mol. The van der Waals surface area contributed by atoms with Crippen LogP contribution < -0.4 is 5.32 Å². The van der Waals surface area contributed by atoms with E-state index in [9.17, 15) is 14.7 Å². The minimum absolute atomic E-state index is 0.0709. The monoisotopic (exact) mass is 257 g/mol. The Kier molecular flexibility index (Phi) is 4.34. The van der Waals surface area contributed by atoms with Gasteiger partial charge in [0.2, 0.25) is 5.91 Å². The Hall–Kier alpha value is -1.75. The normalized spacial score (nSPS) is 11.9. The number of aliphatic carboxylic acids is 1. The molecule has 0 saturated heterocycles. The van der Waals surface area contributed by atoms with Crippen LogP contribution in [0.4, 0.5) is 0 Å². The molecule has 0 fully saturated rings. The smallest absolute Gasteiger partial charge is 0.330 e. The lowest BCUT2D eigenvalue weighted by Gasteiger charge is -2.15. The highest BCUT2D eigenvalue weighted by atomic mass is 35.5. The molecule has 0 heterocycles. The molecular formula is C11H12ClNO4. The maximum absolute atomic E-state index is 11.1. The van der Waals surface area contributed by atoms with E-state index in [-0.39, 0.29) is 11.6 Å². The lowest BCUT2D eigenvalue weighted by molar-refractivity contribution is -0.141. The molecule has 0 unspecified atom stereocenters. The number of benzene rings is 1. The second-order valence-electron chi connectivity index (χ2n) is 3.52. The minimum Gasteiger partial charge on any atom is -0.508 e. The van der Waals surface area contributed by atoms with Crippen molar-refractivity contribution < 1.29 is 19.8 Å². The van der Waals surface area contributed by atoms with Crippen LogP contribution in [-0.4, -0.2) is 28.0 Å². The molecule has 0 spiro atoms. The highest BCUT2D eigenvalue weighted by Gasteiger charge is 2.22. The summed E-state index contributed by atoms with van der Waals surface area (Å²) in [5.74, 6) is -1.99. The minimum atomic E-state index is -1.19. The number of amides is 1. The predicted molar refractivity (Wildman–Crippen MR) is 62.1 cm³/mol. The van der Waals surface area contributed by atoms with E-state index >= 15 is 0 Å². The summed E-state index contributed by atoms with van der Waals surface area (Å²) < 4.78 is 0. The molecule has 1 amide bonds. The number of halogens is 1. The van der Waals surface area contributed by atoms with E-state index in [1.807, 2.05) is 0 Å². The Morgan fingerprint density at radius 2 is 2.12 bits per heavy atom. The number of phenolic OH excluding ortho intramolecular Hbond substituents is 1. The average Bonchev–Trinajstić information content (AvgIpc) is 2.29. The number of aromatic hydroxyl groups is 1. The Morgan fingerprint density at radius 1 is 1.47 bits per heavy atom. The van der Waals surface area contributed by atoms with E-state index in [0.29, 0.717) is 11.1 Å². The molecule has 3 N–H and O–H groups in total. The number of rotatable bonds is 4. The molecule has 1 aromatic carbocycles. The molecule has 0 aliphatic heterocycles. The van der Waals surface area contributed by atoms with E-state index in [1.165, 1.54) is 18.2 Å². The third-order valence-electron chi connectivity index (χ3n) is 2.23. The highest BCUT2D eigenvalue weighted by molar-refractivity contribution is 6.27. The standard InChI is InChI=1S/C11H12ClNO4/c1-6-4-7(2-3-8(6)14)10(11(16)17)13-9(15)5-12/h2-4,10,14H,5H2,1H3,(H,13,15)(H,16,17)/t10-/m1/s1. The maximum atomic E-state index is 11.1. The molecule has 0 aliphatic carbocycles. The number of aryl methyl sites for hydroxylation is 1. The maximum Gasteiger partial charge on any atom is 0.330 e. The number of carbonyl (C=O) groups excluding carboxylic acids is 1. The number of carboxylic acids is 1. The van der Waals surface area contributed by atoms with Gasteiger partial charge >= 0.3 is 5.97 Å². The number of hydrogen-bond acceptors (Lipinski definition) is 3. The molecule has 0 aromatic heterocycles. The summed E-state index contributed by atoms with van der Waals surface area (Å²) in [7, 11) is 0. The van der Waals surface area contributed by atoms with Crippen molar-refractivity contribution in [1.82, 2.24) is 5.32 Å². The Bertz CT molecular complexity index is 447. The van der Waals surface area contributed by atoms with Crippen molar-refractivity contribution in [3.63, 3.8) is 0 Å². The van der Waals surface area contributed by atoms with E-state index in [1.54, 1.807) is 6.92 Å². The summed E-state index contributed by atoms with van der Waals surface area (Å²) in [6.45, 7) is 1.64. The average molecular weight is 258 g/mol. The van der Waals surface area contributed by atoms with E-state index < -0.39 is 17.9 Å². The fourth-order valence-corrected chi connectivity index (χ4v) is 1.42. The van der Waals surface area contributed by atoms with Crippen LogP contribution in [0, 0.1) is 6.92 Å². The molecule has 0 aliphatic rings. The molecule has 92 valence electrons. The summed E-state index contributed by atoms with van der Waals surface area (Å²) in [6, 6.07) is 3.16. The van der Waals surface area contributed by atoms with Gasteiger partial charge in [-0.2, -0.15) is 0 Å². The van der Waals surface area contributed by atoms with Gasteiger partial charge in [0, 0.05) is 0 Å². The van der Waals surface area contributed by atoms with E-state index in [2.05, 4.69) is 5.32 Å². The third kappa shape index (κ3) is 3.35. The van der Waals surface area contributed by atoms with Gasteiger partial charge in [-0.3, -0.25) is 4.79 Å². The number of hydrogen-bond donors (Lipinski definition) is 3. The van der Waals surface area contributed by atoms with Gasteiger partial charge < -0.3 is 15.5 Å². The molecule has 0 saturated carbocycles. The molecule has 1 aromatic rings. The van der Waals surface area contributed by atoms with Crippen LogP contribution in [-0.2, 0) is 9.59 Å². The molecule has 0 bridgehead atoms. The molecule has 1 rings (SSSR count). The number of alkyl halides is 1. The lowest BCUT2D eigenvalue weighted by atomic mass is 10.0. The number of carboxylic acid groups (broad SMARTS) is 1. The van der Waals surface area contributed by atoms with Gasteiger partial charge in [-0.25, -0.2) is 4.79 Å². The van der Waals surface area contributed by atoms with Gasteiger partial charge in [0.15, 0.2) is 6.04 Å². The number of phenols is 1. The fourth-order valence-electron chi connectivity index (χ4n) is 1.35. The van der Waals surface area contributed by atoms with Crippen molar-refractivity contribution in [1.29, 1.82) is 0 Å². The summed E-state index contributed by atoms with van der Waals surface area (Å²) in [4.78, 5) is 22.1. The van der Waals surface area contributed by atoms with Gasteiger partial charge in [0.1, 0.15) is 11.6 Å². The zero-order chi connectivity index (χ0) is 13.0. The third-order valence-corrected chi connectivity index (χ3v) is 2.47. The van der Waals surface area contributed by atoms with Gasteiger partial charge in [-0.1, -0.05) is 6.07 Å². The summed E-state index contributed by atoms with van der Waals surface area (Å²) >= 11 is 5.30. The van der Waals surface area contributed by atoms with Gasteiger partial charge in [0.05, 0.1) is 0 Å². The van der Waals surface area contributed by atoms with Gasteiger partial charge in [-0.15, -0.1) is 11.6 Å². The molecule has 1 atom stereocenters. The van der Waals surface area contributed by atoms with Crippen LogP contribution in [0.5, 0.6) is 5.75 Å². The van der Waals surface area contributed by atoms with E-state index in [0.717, 1.165) is 0 Å². The van der Waals surface area contributed by atoms with Crippen molar-refractivity contribution in [2.24, 2.45) is 0 Å². The van der Waals surface area contributed by atoms with Crippen LogP contribution in [0.15, 0.2) is 18.2 Å². The Balaban J connectivity index is 3.01. The van der Waals surface area contributed by atoms with Crippen molar-refractivity contribution in [3.05, 3.63) is 29.3 Å². The summed E-state index contributed by atoms with van der Waals surface area (Å²) in [5.41, 5.74) is 0.917. The van der Waals surface area contributed by atoms with Gasteiger partial charge in [-0.05, 0) is 30.2 Å². The van der Waals surface area contributed by atoms with Crippen LogP contribution in [0.2, 0.25) is 0 Å². The van der Waals surface area contributed by atoms with Crippen molar-refractivity contribution in [3.8, 4) is 5.75 Å². The first kappa shape index (κ1) is 13.3. The lowest BCUT2D eigenvalue weighted by Crippen LogP contribution is -2.34. The topological polar surface area (TPSA) is 86.6 Å². The summed E-state index contributed by atoms with van der Waals surface area (Å²) in [6.07, 6.45) is 0. The molecule has 17 heavy (non-hydrogen) atoms. The molecule has 0 radical (unpaired) electrons. The predicted octanol–water partition coefficient (Wildman–Crippen LogP) is 1.18. The van der Waals surface area contributed by atoms with Crippen LogP contribution in [0.25, 0.3) is 0 Å². The van der Waals surface area contributed by atoms with Crippen LogP contribution in [0.3, 0.4) is 0 Å². The Morgan fingerprint density at radius 3 is 2.59 bits per heavy atom. The zero-order valence-corrected chi connectivity index (χ0v) is 9.86. The quantitative estimate of drug-likeness (QED) is 0.707. The molecule has 5 nitrogen and oxygen atoms in total. The van der Waals surface area contributed by atoms with Crippen LogP contribution in [0.1, 0.15) is 17.2 Å².